The summed E-state index contributed by atoms with van der Waals surface area (Å²) >= 11 is 12.5. The van der Waals surface area contributed by atoms with Gasteiger partial charge >= 0.3 is 0 Å². The van der Waals surface area contributed by atoms with Gasteiger partial charge in [0.15, 0.2) is 6.61 Å². The lowest BCUT2D eigenvalue weighted by Crippen LogP contribution is -2.51. The van der Waals surface area contributed by atoms with E-state index in [2.05, 4.69) is 26.1 Å². The third-order valence-electron chi connectivity index (χ3n) is 5.79. The van der Waals surface area contributed by atoms with Crippen molar-refractivity contribution < 1.29 is 14.3 Å². The largest absolute Gasteiger partial charge is 0.483 e. The van der Waals surface area contributed by atoms with Crippen molar-refractivity contribution in [1.82, 2.24) is 10.2 Å². The Balaban J connectivity index is 2.32. The van der Waals surface area contributed by atoms with Crippen molar-refractivity contribution in [2.45, 2.75) is 78.4 Å². The van der Waals surface area contributed by atoms with E-state index < -0.39 is 6.04 Å². The molecule has 0 aliphatic carbocycles. The molecule has 2 amide bonds. The zero-order valence-corrected chi connectivity index (χ0v) is 22.5. The fourth-order valence-corrected chi connectivity index (χ4v) is 4.10. The number of para-hydroxylation sites is 1. The Hall–Kier alpha value is -2.24. The van der Waals surface area contributed by atoms with Crippen molar-refractivity contribution in [3.8, 4) is 5.75 Å². The molecular weight excluding hydrogens is 471 g/mol. The van der Waals surface area contributed by atoms with E-state index in [0.29, 0.717) is 27.8 Å². The first kappa shape index (κ1) is 28.0. The zero-order valence-electron chi connectivity index (χ0n) is 21.0. The van der Waals surface area contributed by atoms with Crippen LogP contribution in [0, 0.1) is 0 Å². The summed E-state index contributed by atoms with van der Waals surface area (Å²) in [6.07, 6.45) is 1.25. The number of halogens is 2. The summed E-state index contributed by atoms with van der Waals surface area (Å²) in [5, 5.41) is 3.96. The summed E-state index contributed by atoms with van der Waals surface area (Å²) < 4.78 is 5.99. The van der Waals surface area contributed by atoms with E-state index >= 15 is 0 Å². The molecule has 34 heavy (non-hydrogen) atoms. The summed E-state index contributed by atoms with van der Waals surface area (Å²) in [5.74, 6) is 0.177. The number of carbonyl (C=O) groups excluding carboxylic acids is 2. The number of carbonyl (C=O) groups is 2. The van der Waals surface area contributed by atoms with Gasteiger partial charge in [-0.05, 0) is 54.5 Å². The number of benzene rings is 2. The Kier molecular flexibility index (Phi) is 10.3. The van der Waals surface area contributed by atoms with Crippen LogP contribution in [0.3, 0.4) is 0 Å². The zero-order chi connectivity index (χ0) is 25.5. The standard InChI is InChI=1S/C27H36Cl2N2O3/c1-7-18(3)30-26(33)23(8-2)31(16-19-13-14-20(28)15-22(19)29)25(32)17-34-24-12-10-9-11-21(24)27(4,5)6/h9-15,18,23H,7-8,16-17H2,1-6H3,(H,30,33). The van der Waals surface area contributed by atoms with Crippen LogP contribution in [-0.4, -0.2) is 35.4 Å². The maximum Gasteiger partial charge on any atom is 0.261 e. The summed E-state index contributed by atoms with van der Waals surface area (Å²) in [6, 6.07) is 12.2. The van der Waals surface area contributed by atoms with Crippen LogP contribution >= 0.6 is 23.2 Å². The molecule has 2 aromatic rings. The Labute approximate surface area is 213 Å². The van der Waals surface area contributed by atoms with Crippen LogP contribution in [0.5, 0.6) is 5.75 Å². The topological polar surface area (TPSA) is 58.6 Å². The van der Waals surface area contributed by atoms with Crippen LogP contribution in [0.2, 0.25) is 10.0 Å². The molecular formula is C27H36Cl2N2O3. The van der Waals surface area contributed by atoms with E-state index in [1.807, 2.05) is 45.0 Å². The number of nitrogens with zero attached hydrogens (tertiary/aromatic N) is 1. The van der Waals surface area contributed by atoms with Gasteiger partial charge in [-0.1, -0.05) is 82.1 Å². The number of hydrogen-bond acceptors (Lipinski definition) is 3. The van der Waals surface area contributed by atoms with Gasteiger partial charge < -0.3 is 15.0 Å². The summed E-state index contributed by atoms with van der Waals surface area (Å²) in [7, 11) is 0. The van der Waals surface area contributed by atoms with Crippen LogP contribution in [0.25, 0.3) is 0 Å². The number of ether oxygens (including phenoxy) is 1. The SMILES string of the molecule is CCC(C)NC(=O)C(CC)N(Cc1ccc(Cl)cc1Cl)C(=O)COc1ccccc1C(C)(C)C. The molecule has 0 aromatic heterocycles. The number of rotatable bonds is 10. The third-order valence-corrected chi connectivity index (χ3v) is 6.38. The highest BCUT2D eigenvalue weighted by molar-refractivity contribution is 6.35. The Morgan fingerprint density at radius 3 is 2.32 bits per heavy atom. The van der Waals surface area contributed by atoms with Gasteiger partial charge in [0.2, 0.25) is 5.91 Å². The van der Waals surface area contributed by atoms with Crippen molar-refractivity contribution in [2.24, 2.45) is 0 Å². The lowest BCUT2D eigenvalue weighted by molar-refractivity contribution is -0.143. The minimum atomic E-state index is -0.658. The van der Waals surface area contributed by atoms with E-state index in [4.69, 9.17) is 27.9 Å². The smallest absolute Gasteiger partial charge is 0.261 e. The molecule has 0 saturated heterocycles. The molecule has 7 heteroatoms. The van der Waals surface area contributed by atoms with Gasteiger partial charge in [-0.3, -0.25) is 9.59 Å². The molecule has 0 radical (unpaired) electrons. The van der Waals surface area contributed by atoms with E-state index in [-0.39, 0.29) is 36.4 Å². The van der Waals surface area contributed by atoms with Gasteiger partial charge in [-0.15, -0.1) is 0 Å². The number of hydrogen-bond donors (Lipinski definition) is 1. The molecule has 0 bridgehead atoms. The maximum absolute atomic E-state index is 13.5. The molecule has 186 valence electrons. The fraction of sp³-hybridized carbons (Fsp3) is 0.481. The lowest BCUT2D eigenvalue weighted by atomic mass is 9.86. The minimum absolute atomic E-state index is 0.00698. The average Bonchev–Trinajstić information content (AvgIpc) is 2.78. The fourth-order valence-electron chi connectivity index (χ4n) is 3.63. The highest BCUT2D eigenvalue weighted by Gasteiger charge is 2.30. The molecule has 2 rings (SSSR count). The molecule has 2 unspecified atom stereocenters. The molecule has 0 fully saturated rings. The predicted molar refractivity (Wildman–Crippen MR) is 140 cm³/mol. The Morgan fingerprint density at radius 2 is 1.74 bits per heavy atom. The summed E-state index contributed by atoms with van der Waals surface area (Å²) in [4.78, 5) is 28.1. The van der Waals surface area contributed by atoms with E-state index in [1.54, 1.807) is 23.1 Å². The molecule has 0 aliphatic heterocycles. The summed E-state index contributed by atoms with van der Waals surface area (Å²) in [5.41, 5.74) is 1.58. The monoisotopic (exact) mass is 506 g/mol. The molecule has 0 saturated carbocycles. The number of amides is 2. The molecule has 0 heterocycles. The third kappa shape index (κ3) is 7.64. The quantitative estimate of drug-likeness (QED) is 0.405. The second-order valence-electron chi connectivity index (χ2n) is 9.53. The first-order valence-electron chi connectivity index (χ1n) is 11.7. The Bertz CT molecular complexity index is 988. The number of nitrogens with one attached hydrogen (secondary N) is 1. The first-order valence-corrected chi connectivity index (χ1v) is 12.5. The highest BCUT2D eigenvalue weighted by atomic mass is 35.5. The average molecular weight is 508 g/mol. The van der Waals surface area contributed by atoms with Gasteiger partial charge in [0.25, 0.3) is 5.91 Å². The first-order chi connectivity index (χ1) is 16.0. The molecule has 1 N–H and O–H groups in total. The van der Waals surface area contributed by atoms with Crippen LogP contribution in [0.1, 0.15) is 65.5 Å². The Morgan fingerprint density at radius 1 is 1.06 bits per heavy atom. The molecule has 2 atom stereocenters. The molecule has 0 aliphatic rings. The molecule has 2 aromatic carbocycles. The van der Waals surface area contributed by atoms with Crippen molar-refractivity contribution in [1.29, 1.82) is 0 Å². The summed E-state index contributed by atoms with van der Waals surface area (Å²) in [6.45, 7) is 12.1. The van der Waals surface area contributed by atoms with E-state index in [0.717, 1.165) is 12.0 Å². The van der Waals surface area contributed by atoms with Gasteiger partial charge in [-0.2, -0.15) is 0 Å². The van der Waals surface area contributed by atoms with Gasteiger partial charge in [-0.25, -0.2) is 0 Å². The normalized spacial score (nSPS) is 13.2. The minimum Gasteiger partial charge on any atom is -0.483 e. The highest BCUT2D eigenvalue weighted by Crippen LogP contribution is 2.31. The van der Waals surface area contributed by atoms with Crippen molar-refractivity contribution in [3.05, 3.63) is 63.6 Å². The van der Waals surface area contributed by atoms with E-state index in [1.165, 1.54) is 0 Å². The van der Waals surface area contributed by atoms with Crippen molar-refractivity contribution in [3.63, 3.8) is 0 Å². The van der Waals surface area contributed by atoms with Gasteiger partial charge in [0, 0.05) is 22.6 Å². The van der Waals surface area contributed by atoms with Crippen LogP contribution in [-0.2, 0) is 21.5 Å². The van der Waals surface area contributed by atoms with Crippen LogP contribution in [0.15, 0.2) is 42.5 Å². The molecule has 0 spiro atoms. The van der Waals surface area contributed by atoms with Crippen molar-refractivity contribution >= 4 is 35.0 Å². The molecule has 5 nitrogen and oxygen atoms in total. The predicted octanol–water partition coefficient (Wildman–Crippen LogP) is 6.39. The van der Waals surface area contributed by atoms with Crippen molar-refractivity contribution in [2.75, 3.05) is 6.61 Å². The maximum atomic E-state index is 13.5. The second kappa shape index (κ2) is 12.5. The van der Waals surface area contributed by atoms with Crippen LogP contribution in [0.4, 0.5) is 0 Å². The van der Waals surface area contributed by atoms with Gasteiger partial charge in [0.1, 0.15) is 11.8 Å². The lowest BCUT2D eigenvalue weighted by Gasteiger charge is -2.32. The van der Waals surface area contributed by atoms with Gasteiger partial charge in [0.05, 0.1) is 0 Å². The van der Waals surface area contributed by atoms with E-state index in [9.17, 15) is 9.59 Å². The van der Waals surface area contributed by atoms with Crippen LogP contribution < -0.4 is 10.1 Å². The second-order valence-corrected chi connectivity index (χ2v) is 10.4.